The first-order valence-corrected chi connectivity index (χ1v) is 12.6. The standard InChI is InChI=1S/C30H25ClFN3O2/c1-37-24-15-7-19(8-16-24)26-18-35-28(29(36)33-23-13-9-21(31)10-14-23)27(20-5-11-22(32)12-6-20)25-4-2-3-17-34(26)30(25)35/h5-16,18H,2-4,17H2,1H3,(H,33,36). The number of nitrogens with one attached hydrogen (secondary N) is 1. The van der Waals surface area contributed by atoms with Crippen LogP contribution in [0.4, 0.5) is 10.1 Å². The zero-order valence-corrected chi connectivity index (χ0v) is 21.1. The van der Waals surface area contributed by atoms with Gasteiger partial charge in [-0.25, -0.2) is 4.39 Å². The molecule has 1 N–H and O–H groups in total. The van der Waals surface area contributed by atoms with Gasteiger partial charge in [0.05, 0.1) is 12.8 Å². The molecule has 0 aliphatic carbocycles. The van der Waals surface area contributed by atoms with Crippen molar-refractivity contribution in [3.63, 3.8) is 0 Å². The van der Waals surface area contributed by atoms with Gasteiger partial charge in [-0.15, -0.1) is 0 Å². The summed E-state index contributed by atoms with van der Waals surface area (Å²) in [6.45, 7) is 0.843. The minimum Gasteiger partial charge on any atom is -0.497 e. The molecule has 7 heteroatoms. The van der Waals surface area contributed by atoms with Gasteiger partial charge in [0.25, 0.3) is 5.91 Å². The summed E-state index contributed by atoms with van der Waals surface area (Å²) in [7, 11) is 1.65. The van der Waals surface area contributed by atoms with Gasteiger partial charge in [0.1, 0.15) is 22.9 Å². The Morgan fingerprint density at radius 2 is 1.65 bits per heavy atom. The highest BCUT2D eigenvalue weighted by Crippen LogP contribution is 2.40. The van der Waals surface area contributed by atoms with E-state index < -0.39 is 0 Å². The fourth-order valence-electron chi connectivity index (χ4n) is 5.25. The lowest BCUT2D eigenvalue weighted by molar-refractivity contribution is 0.102. The fraction of sp³-hybridized carbons (Fsp3) is 0.167. The van der Waals surface area contributed by atoms with E-state index in [-0.39, 0.29) is 11.7 Å². The van der Waals surface area contributed by atoms with Crippen LogP contribution >= 0.6 is 11.6 Å². The van der Waals surface area contributed by atoms with E-state index in [0.717, 1.165) is 65.2 Å². The predicted molar refractivity (Wildman–Crippen MR) is 145 cm³/mol. The summed E-state index contributed by atoms with van der Waals surface area (Å²) in [5.41, 5.74) is 7.03. The third kappa shape index (κ3) is 4.17. The Morgan fingerprint density at radius 3 is 2.35 bits per heavy atom. The number of nitrogens with zero attached hydrogens (tertiary/aromatic N) is 2. The first-order chi connectivity index (χ1) is 18.0. The second-order valence-electron chi connectivity index (χ2n) is 9.22. The number of benzene rings is 3. The minimum atomic E-state index is -0.308. The van der Waals surface area contributed by atoms with E-state index in [1.165, 1.54) is 12.1 Å². The molecule has 186 valence electrons. The van der Waals surface area contributed by atoms with Gasteiger partial charge in [-0.1, -0.05) is 23.7 Å². The number of anilines is 1. The number of rotatable bonds is 5. The number of methoxy groups -OCH3 is 1. The largest absolute Gasteiger partial charge is 0.497 e. The molecule has 37 heavy (non-hydrogen) atoms. The van der Waals surface area contributed by atoms with Crippen molar-refractivity contribution in [1.82, 2.24) is 8.97 Å². The monoisotopic (exact) mass is 513 g/mol. The Balaban J connectivity index is 1.58. The second-order valence-corrected chi connectivity index (χ2v) is 9.65. The maximum atomic E-state index is 13.9. The normalized spacial score (nSPS) is 12.9. The van der Waals surface area contributed by atoms with Crippen molar-refractivity contribution < 1.29 is 13.9 Å². The van der Waals surface area contributed by atoms with Crippen molar-refractivity contribution in [2.45, 2.75) is 25.8 Å². The van der Waals surface area contributed by atoms with Crippen LogP contribution in [-0.2, 0) is 13.0 Å². The highest BCUT2D eigenvalue weighted by atomic mass is 35.5. The molecule has 0 bridgehead atoms. The number of carbonyl (C=O) groups excluding carboxylic acids is 1. The molecule has 0 fully saturated rings. The molecule has 5 aromatic rings. The van der Waals surface area contributed by atoms with Crippen LogP contribution in [0.15, 0.2) is 79.0 Å². The van der Waals surface area contributed by atoms with E-state index in [2.05, 4.69) is 9.88 Å². The Labute approximate surface area is 219 Å². The fourth-order valence-corrected chi connectivity index (χ4v) is 5.38. The number of hydrogen-bond donors (Lipinski definition) is 1. The number of aryl methyl sites for hydroxylation is 2. The molecule has 0 spiro atoms. The number of carbonyl (C=O) groups is 1. The van der Waals surface area contributed by atoms with Gasteiger partial charge in [-0.3, -0.25) is 9.20 Å². The number of halogens is 2. The van der Waals surface area contributed by atoms with Crippen LogP contribution < -0.4 is 10.1 Å². The summed E-state index contributed by atoms with van der Waals surface area (Å²) in [6.07, 6.45) is 4.89. The van der Waals surface area contributed by atoms with Crippen LogP contribution in [0.2, 0.25) is 5.02 Å². The van der Waals surface area contributed by atoms with Crippen molar-refractivity contribution in [3.8, 4) is 28.1 Å². The van der Waals surface area contributed by atoms with Crippen molar-refractivity contribution in [3.05, 3.63) is 101 Å². The zero-order chi connectivity index (χ0) is 25.5. The van der Waals surface area contributed by atoms with Crippen LogP contribution in [0.1, 0.15) is 28.9 Å². The SMILES string of the molecule is COc1ccc(-c2cn3c(C(=O)Nc4ccc(Cl)cc4)c(-c4ccc(F)cc4)c4c3n2CCCC4)cc1. The molecule has 0 unspecified atom stereocenters. The number of aromatic nitrogens is 2. The van der Waals surface area contributed by atoms with Gasteiger partial charge in [0, 0.05) is 34.6 Å². The van der Waals surface area contributed by atoms with E-state index >= 15 is 0 Å². The molecule has 3 heterocycles. The van der Waals surface area contributed by atoms with Crippen LogP contribution in [-0.4, -0.2) is 22.0 Å². The maximum Gasteiger partial charge on any atom is 0.273 e. The molecular weight excluding hydrogens is 489 g/mol. The lowest BCUT2D eigenvalue weighted by Crippen LogP contribution is -2.15. The Kier molecular flexibility index (Phi) is 5.97. The van der Waals surface area contributed by atoms with Crippen molar-refractivity contribution in [1.29, 1.82) is 0 Å². The second kappa shape index (κ2) is 9.45. The third-order valence-corrected chi connectivity index (χ3v) is 7.22. The minimum absolute atomic E-state index is 0.234. The summed E-state index contributed by atoms with van der Waals surface area (Å²) in [4.78, 5) is 13.9. The zero-order valence-electron chi connectivity index (χ0n) is 20.3. The van der Waals surface area contributed by atoms with Gasteiger partial charge in [0.2, 0.25) is 0 Å². The topological polar surface area (TPSA) is 47.7 Å². The van der Waals surface area contributed by atoms with Crippen LogP contribution in [0, 0.1) is 5.82 Å². The van der Waals surface area contributed by atoms with E-state index in [4.69, 9.17) is 16.3 Å². The summed E-state index contributed by atoms with van der Waals surface area (Å²) in [6, 6.07) is 21.4. The lowest BCUT2D eigenvalue weighted by Gasteiger charge is -2.10. The molecule has 3 aromatic carbocycles. The van der Waals surface area contributed by atoms with Crippen LogP contribution in [0.25, 0.3) is 28.0 Å². The molecule has 1 aliphatic heterocycles. The molecule has 0 saturated carbocycles. The highest BCUT2D eigenvalue weighted by Gasteiger charge is 2.29. The van der Waals surface area contributed by atoms with Crippen LogP contribution in [0.3, 0.4) is 0 Å². The highest BCUT2D eigenvalue weighted by molar-refractivity contribution is 6.30. The number of amides is 1. The Hall–Kier alpha value is -4.03. The van der Waals surface area contributed by atoms with Gasteiger partial charge < -0.3 is 14.6 Å². The van der Waals surface area contributed by atoms with Crippen molar-refractivity contribution in [2.75, 3.05) is 12.4 Å². The number of ether oxygens (including phenoxy) is 1. The Bertz CT molecular complexity index is 1600. The third-order valence-electron chi connectivity index (χ3n) is 6.97. The summed E-state index contributed by atoms with van der Waals surface area (Å²) in [5.74, 6) is 0.249. The molecule has 0 saturated heterocycles. The van der Waals surface area contributed by atoms with Gasteiger partial charge in [-0.2, -0.15) is 0 Å². The predicted octanol–water partition coefficient (Wildman–Crippen LogP) is 7.46. The summed E-state index contributed by atoms with van der Waals surface area (Å²) >= 11 is 6.05. The summed E-state index contributed by atoms with van der Waals surface area (Å²) in [5, 5.41) is 3.64. The van der Waals surface area contributed by atoms with E-state index in [9.17, 15) is 9.18 Å². The molecule has 1 aliphatic rings. The molecule has 1 amide bonds. The van der Waals surface area contributed by atoms with Gasteiger partial charge >= 0.3 is 0 Å². The molecular formula is C30H25ClFN3O2. The first-order valence-electron chi connectivity index (χ1n) is 12.3. The molecule has 0 radical (unpaired) electrons. The van der Waals surface area contributed by atoms with E-state index in [0.29, 0.717) is 16.4 Å². The first kappa shape index (κ1) is 23.4. The quantitative estimate of drug-likeness (QED) is 0.265. The average molecular weight is 514 g/mol. The average Bonchev–Trinajstić information content (AvgIpc) is 3.33. The Morgan fingerprint density at radius 1 is 0.946 bits per heavy atom. The van der Waals surface area contributed by atoms with E-state index in [1.54, 1.807) is 43.5 Å². The molecule has 6 rings (SSSR count). The van der Waals surface area contributed by atoms with Gasteiger partial charge in [-0.05, 0) is 91.1 Å². The van der Waals surface area contributed by atoms with Crippen molar-refractivity contribution >= 4 is 28.8 Å². The van der Waals surface area contributed by atoms with E-state index in [1.807, 2.05) is 34.9 Å². The van der Waals surface area contributed by atoms with Gasteiger partial charge in [0.15, 0.2) is 0 Å². The molecule has 0 atom stereocenters. The number of imidazole rings is 1. The van der Waals surface area contributed by atoms with Crippen molar-refractivity contribution in [2.24, 2.45) is 0 Å². The number of hydrogen-bond acceptors (Lipinski definition) is 2. The summed E-state index contributed by atoms with van der Waals surface area (Å²) < 4.78 is 23.5. The van der Waals surface area contributed by atoms with Crippen LogP contribution in [0.5, 0.6) is 5.75 Å². The molecule has 5 nitrogen and oxygen atoms in total. The lowest BCUT2D eigenvalue weighted by atomic mass is 9.97. The smallest absolute Gasteiger partial charge is 0.273 e. The molecule has 2 aromatic heterocycles. The maximum absolute atomic E-state index is 13.9.